The molecule has 3 saturated carbocycles. The highest BCUT2D eigenvalue weighted by Crippen LogP contribution is 2.64. The van der Waals surface area contributed by atoms with E-state index in [-0.39, 0.29) is 53.4 Å². The Balaban J connectivity index is 1.59. The van der Waals surface area contributed by atoms with E-state index in [0.29, 0.717) is 31.6 Å². The second kappa shape index (κ2) is 12.8. The number of nitrogens with zero attached hydrogens (tertiary/aromatic N) is 4. The summed E-state index contributed by atoms with van der Waals surface area (Å²) in [6.45, 7) is 6.47. The van der Waals surface area contributed by atoms with Crippen molar-refractivity contribution >= 4 is 35.0 Å². The number of aliphatic carboxylic acids is 1. The molecule has 0 saturated heterocycles. The van der Waals surface area contributed by atoms with Gasteiger partial charge in [0.1, 0.15) is 11.5 Å². The van der Waals surface area contributed by atoms with E-state index in [1.54, 1.807) is 6.21 Å². The van der Waals surface area contributed by atoms with Gasteiger partial charge in [0.15, 0.2) is 0 Å². The molecule has 3 aliphatic carbocycles. The molecule has 3 unspecified atom stereocenters. The van der Waals surface area contributed by atoms with Crippen LogP contribution in [0.1, 0.15) is 85.0 Å². The van der Waals surface area contributed by atoms with Gasteiger partial charge in [-0.25, -0.2) is 0 Å². The van der Waals surface area contributed by atoms with E-state index >= 15 is 0 Å². The Labute approximate surface area is 250 Å². The number of carbonyl (C=O) groups is 2. The number of nitroso groups, excluding NO2 is 1. The van der Waals surface area contributed by atoms with E-state index < -0.39 is 38.6 Å². The first-order valence-corrected chi connectivity index (χ1v) is 15.1. The van der Waals surface area contributed by atoms with Crippen molar-refractivity contribution in [1.29, 1.82) is 0 Å². The number of hydrogen-bond acceptors (Lipinski definition) is 10. The van der Waals surface area contributed by atoms with Crippen molar-refractivity contribution in [3.05, 3.63) is 43.3 Å². The zero-order valence-corrected chi connectivity index (χ0v) is 24.9. The summed E-state index contributed by atoms with van der Waals surface area (Å²) in [5.74, 6) is 0.292. The third kappa shape index (κ3) is 6.45. The number of Topliss-reactive ketones (excluding diaryl/α,β-unsaturated/α-hetero) is 1. The topological polar surface area (TPSA) is 194 Å². The van der Waals surface area contributed by atoms with Gasteiger partial charge < -0.3 is 5.11 Å². The molecule has 0 radical (unpaired) electrons. The molecule has 0 aromatic heterocycles. The van der Waals surface area contributed by atoms with E-state index in [2.05, 4.69) is 29.6 Å². The van der Waals surface area contributed by atoms with E-state index in [9.17, 15) is 39.8 Å². The zero-order valence-electron chi connectivity index (χ0n) is 24.9. The molecule has 8 atom stereocenters. The van der Waals surface area contributed by atoms with Crippen molar-refractivity contribution < 1.29 is 24.5 Å². The van der Waals surface area contributed by atoms with Crippen LogP contribution in [0.2, 0.25) is 0 Å². The Morgan fingerprint density at radius 3 is 2.51 bits per heavy atom. The summed E-state index contributed by atoms with van der Waals surface area (Å²) in [5.41, 5.74) is 1.24. The Morgan fingerprint density at radius 1 is 1.14 bits per heavy atom. The first-order chi connectivity index (χ1) is 20.3. The summed E-state index contributed by atoms with van der Waals surface area (Å²) in [4.78, 5) is 57.2. The molecule has 0 amide bonds. The number of rotatable bonds is 12. The lowest BCUT2D eigenvalue weighted by atomic mass is 9.49. The van der Waals surface area contributed by atoms with Crippen LogP contribution in [0, 0.1) is 65.6 Å². The number of non-ortho nitro benzene ring substituents is 1. The van der Waals surface area contributed by atoms with Crippen LogP contribution in [-0.2, 0) is 9.59 Å². The fraction of sp³-hybridized carbons (Fsp3) is 0.700. The lowest BCUT2D eigenvalue weighted by Crippen LogP contribution is -2.51. The van der Waals surface area contributed by atoms with Gasteiger partial charge in [-0.15, -0.1) is 0 Å². The summed E-state index contributed by atoms with van der Waals surface area (Å²) >= 11 is 0. The molecule has 0 bridgehead atoms. The highest BCUT2D eigenvalue weighted by atomic mass is 16.6. The molecule has 0 heterocycles. The van der Waals surface area contributed by atoms with Gasteiger partial charge in [0.05, 0.1) is 22.0 Å². The van der Waals surface area contributed by atoms with Crippen LogP contribution < -0.4 is 5.43 Å². The summed E-state index contributed by atoms with van der Waals surface area (Å²) in [6, 6.07) is 2.84. The standard InChI is InChI=1S/C30H41N5O8/c1-18(4-9-28(37)38)22-6-7-23-21(12-15-31-32-25-8-5-20(34(40)41)17-26(25)35(42)43)24(11-14-29(22,23)2)30(3)13-10-19(33-39)16-27(30)36/h5,8,15,17-19,21-24,32H,4,6-7,9-14,16H2,1-3H3,(H,37,38)/t18-,19+,21?,22-,23?,24?,29-,30-/m1/s1. The third-order valence-corrected chi connectivity index (χ3v) is 11.1. The minimum Gasteiger partial charge on any atom is -0.481 e. The van der Waals surface area contributed by atoms with Crippen molar-refractivity contribution in [3.63, 3.8) is 0 Å². The molecule has 3 fully saturated rings. The number of nitrogens with one attached hydrogen (secondary N) is 1. The predicted molar refractivity (Wildman–Crippen MR) is 160 cm³/mol. The van der Waals surface area contributed by atoms with E-state index in [1.807, 2.05) is 6.92 Å². The van der Waals surface area contributed by atoms with E-state index in [1.165, 1.54) is 12.1 Å². The maximum atomic E-state index is 13.5. The van der Waals surface area contributed by atoms with Gasteiger partial charge in [0.2, 0.25) is 0 Å². The van der Waals surface area contributed by atoms with Gasteiger partial charge in [0.25, 0.3) is 5.69 Å². The molecule has 234 valence electrons. The van der Waals surface area contributed by atoms with Crippen LogP contribution in [0.15, 0.2) is 28.5 Å². The number of nitro groups is 2. The smallest absolute Gasteiger partial charge is 0.303 e. The predicted octanol–water partition coefficient (Wildman–Crippen LogP) is 6.74. The summed E-state index contributed by atoms with van der Waals surface area (Å²) < 4.78 is 0. The molecule has 43 heavy (non-hydrogen) atoms. The number of carbonyl (C=O) groups excluding carboxylic acids is 1. The molecule has 1 aromatic carbocycles. The first kappa shape index (κ1) is 32.2. The minimum absolute atomic E-state index is 0.0293. The van der Waals surface area contributed by atoms with Gasteiger partial charge in [0, 0.05) is 30.5 Å². The lowest BCUT2D eigenvalue weighted by molar-refractivity contribution is -0.393. The Hall–Kier alpha value is -3.77. The van der Waals surface area contributed by atoms with Crippen LogP contribution in [0.4, 0.5) is 17.1 Å². The number of ketones is 1. The number of hydrogen-bond donors (Lipinski definition) is 2. The number of nitro benzene ring substituents is 2. The number of anilines is 1. The Bertz CT molecular complexity index is 1300. The van der Waals surface area contributed by atoms with Gasteiger partial charge in [-0.3, -0.25) is 35.2 Å². The first-order valence-electron chi connectivity index (χ1n) is 15.1. The molecular weight excluding hydrogens is 558 g/mol. The number of hydrazone groups is 1. The van der Waals surface area contributed by atoms with E-state index in [4.69, 9.17) is 0 Å². The highest BCUT2D eigenvalue weighted by Gasteiger charge is 2.59. The number of fused-ring (bicyclic) bond motifs is 1. The Kier molecular flexibility index (Phi) is 9.60. The van der Waals surface area contributed by atoms with Crippen LogP contribution in [-0.4, -0.2) is 39.0 Å². The van der Waals surface area contributed by atoms with Crippen molar-refractivity contribution in [2.45, 2.75) is 91.0 Å². The fourth-order valence-electron chi connectivity index (χ4n) is 8.74. The normalized spacial score (nSPS) is 33.1. The molecule has 13 heteroatoms. The molecule has 4 rings (SSSR count). The maximum absolute atomic E-state index is 13.5. The van der Waals surface area contributed by atoms with Gasteiger partial charge in [-0.05, 0) is 92.4 Å². The van der Waals surface area contributed by atoms with Crippen LogP contribution >= 0.6 is 0 Å². The molecule has 0 spiro atoms. The second-order valence-corrected chi connectivity index (χ2v) is 13.2. The molecule has 3 aliphatic rings. The minimum atomic E-state index is -0.794. The number of carboxylic acid groups (broad SMARTS) is 1. The number of carboxylic acids is 1. The molecule has 2 N–H and O–H groups in total. The zero-order chi connectivity index (χ0) is 31.5. The van der Waals surface area contributed by atoms with Crippen molar-refractivity contribution in [2.24, 2.45) is 50.7 Å². The number of benzene rings is 1. The molecule has 13 nitrogen and oxygen atoms in total. The van der Waals surface area contributed by atoms with Gasteiger partial charge in [-0.2, -0.15) is 10.0 Å². The SMILES string of the molecule is C[C@H](CCC(=O)O)[C@H]1CCC2C(CC=NNc3ccc([N+](=O)[O-])cc3[N+](=O)[O-])C([C@@]3(C)CC[C@H](N=O)CC3=O)CC[C@@]21C. The van der Waals surface area contributed by atoms with Gasteiger partial charge >= 0.3 is 11.7 Å². The molecular formula is C30H41N5O8. The molecule has 0 aliphatic heterocycles. The van der Waals surface area contributed by atoms with Gasteiger partial charge in [-0.1, -0.05) is 25.9 Å². The average Bonchev–Trinajstić information content (AvgIpc) is 3.32. The molecule has 1 aromatic rings. The van der Waals surface area contributed by atoms with Crippen molar-refractivity contribution in [2.75, 3.05) is 5.43 Å². The average molecular weight is 600 g/mol. The monoisotopic (exact) mass is 599 g/mol. The quantitative estimate of drug-likeness (QED) is 0.113. The Morgan fingerprint density at radius 2 is 1.88 bits per heavy atom. The van der Waals surface area contributed by atoms with Crippen LogP contribution in [0.3, 0.4) is 0 Å². The highest BCUT2D eigenvalue weighted by molar-refractivity contribution is 5.86. The van der Waals surface area contributed by atoms with Crippen molar-refractivity contribution in [3.8, 4) is 0 Å². The summed E-state index contributed by atoms with van der Waals surface area (Å²) in [5, 5.41) is 39.3. The largest absolute Gasteiger partial charge is 0.481 e. The second-order valence-electron chi connectivity index (χ2n) is 13.2. The third-order valence-electron chi connectivity index (χ3n) is 11.1. The summed E-state index contributed by atoms with van der Waals surface area (Å²) in [7, 11) is 0. The summed E-state index contributed by atoms with van der Waals surface area (Å²) in [6.07, 6.45) is 7.98. The lowest BCUT2D eigenvalue weighted by Gasteiger charge is -2.55. The van der Waals surface area contributed by atoms with Crippen molar-refractivity contribution in [1.82, 2.24) is 0 Å². The van der Waals surface area contributed by atoms with Crippen LogP contribution in [0.5, 0.6) is 0 Å². The van der Waals surface area contributed by atoms with E-state index in [0.717, 1.165) is 31.7 Å². The fourth-order valence-corrected chi connectivity index (χ4v) is 8.74. The van der Waals surface area contributed by atoms with Crippen LogP contribution in [0.25, 0.3) is 0 Å². The maximum Gasteiger partial charge on any atom is 0.303 e.